The van der Waals surface area contributed by atoms with Gasteiger partial charge in [0.05, 0.1) is 16.0 Å². The number of thiazole rings is 1. The molecular formula is C34H37F3N4O5S2. The molecule has 2 N–H and O–H groups in total. The lowest BCUT2D eigenvalue weighted by Crippen LogP contribution is -2.42. The molecule has 9 nitrogen and oxygen atoms in total. The van der Waals surface area contributed by atoms with E-state index in [1.165, 1.54) is 24.3 Å². The third-order valence-corrected chi connectivity index (χ3v) is 10.6. The summed E-state index contributed by atoms with van der Waals surface area (Å²) < 4.78 is 73.4. The number of alkyl halides is 3. The van der Waals surface area contributed by atoms with Gasteiger partial charge < -0.3 is 14.7 Å². The summed E-state index contributed by atoms with van der Waals surface area (Å²) >= 11 is 0.989. The van der Waals surface area contributed by atoms with Gasteiger partial charge in [-0.3, -0.25) is 9.52 Å². The molecule has 1 aliphatic heterocycles. The minimum atomic E-state index is -4.88. The SMILES string of the molecule is CCC[C@](C)(CN1CCCCCCc2ccccc2-c2nc(sc2-c2cccc(OC(F)(F)F)c2)NS(=O)(=O)c2cccc1n2)C(=O)O. The number of halogens is 3. The molecule has 4 aromatic rings. The molecule has 0 saturated carbocycles. The van der Waals surface area contributed by atoms with Crippen molar-refractivity contribution in [1.82, 2.24) is 9.97 Å². The number of ether oxygens (including phenoxy) is 1. The number of nitrogens with zero attached hydrogens (tertiary/aromatic N) is 3. The number of fused-ring (bicyclic) bond motifs is 6. The van der Waals surface area contributed by atoms with E-state index in [9.17, 15) is 31.5 Å². The number of pyridine rings is 1. The Morgan fingerprint density at radius 2 is 1.77 bits per heavy atom. The third kappa shape index (κ3) is 8.45. The molecule has 0 radical (unpaired) electrons. The van der Waals surface area contributed by atoms with Crippen molar-refractivity contribution in [2.75, 3.05) is 22.7 Å². The number of aliphatic carboxylic acids is 1. The van der Waals surface area contributed by atoms with Crippen LogP contribution in [0, 0.1) is 5.41 Å². The fourth-order valence-corrected chi connectivity index (χ4v) is 8.09. The summed E-state index contributed by atoms with van der Waals surface area (Å²) in [4.78, 5) is 23.8. The molecule has 5 rings (SSSR count). The molecule has 2 aromatic heterocycles. The van der Waals surface area contributed by atoms with Gasteiger partial charge in [0.25, 0.3) is 10.0 Å². The summed E-state index contributed by atoms with van der Waals surface area (Å²) in [5, 5.41) is 9.82. The van der Waals surface area contributed by atoms with E-state index >= 15 is 0 Å². The van der Waals surface area contributed by atoms with Crippen LogP contribution in [-0.4, -0.2) is 48.9 Å². The molecule has 1 aliphatic rings. The van der Waals surface area contributed by atoms with Crippen LogP contribution in [0.25, 0.3) is 21.7 Å². The fourth-order valence-electron chi connectivity index (χ4n) is 5.92. The van der Waals surface area contributed by atoms with E-state index in [1.54, 1.807) is 25.1 Å². The Labute approximate surface area is 281 Å². The predicted octanol–water partition coefficient (Wildman–Crippen LogP) is 8.39. The van der Waals surface area contributed by atoms with Crippen molar-refractivity contribution in [2.24, 2.45) is 5.41 Å². The van der Waals surface area contributed by atoms with Crippen LogP contribution >= 0.6 is 11.3 Å². The van der Waals surface area contributed by atoms with Crippen LogP contribution in [0.1, 0.15) is 57.9 Å². The molecule has 48 heavy (non-hydrogen) atoms. The summed E-state index contributed by atoms with van der Waals surface area (Å²) in [6.45, 7) is 4.28. The standard InChI is InChI=1S/C34H37F3N4O5S2/c1-3-19-33(2,31(42)43)22-41-20-9-5-4-6-12-23-13-7-8-16-26(23)29-30(24-14-10-15-25(21-24)46-34(35,36)37)47-32(39-29)40-48(44,45)28-18-11-17-27(41)38-28/h7-8,10-11,13-18,21H,3-6,9,12,19-20,22H2,1-2H3,(H,39,40)(H,42,43)/t33-/m1/s1. The summed E-state index contributed by atoms with van der Waals surface area (Å²) in [5.41, 5.74) is 1.46. The van der Waals surface area contributed by atoms with Crippen molar-refractivity contribution in [1.29, 1.82) is 0 Å². The Balaban J connectivity index is 1.59. The van der Waals surface area contributed by atoms with Gasteiger partial charge in [-0.25, -0.2) is 9.97 Å². The van der Waals surface area contributed by atoms with Crippen LogP contribution in [0.15, 0.2) is 71.8 Å². The smallest absolute Gasteiger partial charge is 0.481 e. The van der Waals surface area contributed by atoms with Crippen LogP contribution in [0.4, 0.5) is 24.1 Å². The Morgan fingerprint density at radius 1 is 1.02 bits per heavy atom. The average molecular weight is 703 g/mol. The second kappa shape index (κ2) is 14.5. The van der Waals surface area contributed by atoms with Gasteiger partial charge in [0.1, 0.15) is 11.6 Å². The summed E-state index contributed by atoms with van der Waals surface area (Å²) in [6, 6.07) is 17.7. The number of aromatic nitrogens is 2. The zero-order valence-corrected chi connectivity index (χ0v) is 28.2. The largest absolute Gasteiger partial charge is 0.573 e. The maximum atomic E-state index is 13.8. The van der Waals surface area contributed by atoms with Crippen LogP contribution in [0.5, 0.6) is 5.75 Å². The minimum absolute atomic E-state index is 0.00622. The lowest BCUT2D eigenvalue weighted by Gasteiger charge is -2.33. The summed E-state index contributed by atoms with van der Waals surface area (Å²) in [5.74, 6) is -0.990. The highest BCUT2D eigenvalue weighted by Crippen LogP contribution is 2.42. The Morgan fingerprint density at radius 3 is 2.52 bits per heavy atom. The molecule has 2 aromatic carbocycles. The van der Waals surface area contributed by atoms with Crippen molar-refractivity contribution in [2.45, 2.75) is 70.2 Å². The van der Waals surface area contributed by atoms with Crippen molar-refractivity contribution < 1.29 is 36.2 Å². The van der Waals surface area contributed by atoms with E-state index in [-0.39, 0.29) is 16.7 Å². The lowest BCUT2D eigenvalue weighted by atomic mass is 9.85. The van der Waals surface area contributed by atoms with Crippen LogP contribution in [0.3, 0.4) is 0 Å². The Hall–Kier alpha value is -4.17. The third-order valence-electron chi connectivity index (χ3n) is 8.24. The first-order valence-corrected chi connectivity index (χ1v) is 18.0. The normalized spacial score (nSPS) is 16.6. The van der Waals surface area contributed by atoms with Gasteiger partial charge in [-0.1, -0.05) is 80.0 Å². The van der Waals surface area contributed by atoms with Gasteiger partial charge in [0, 0.05) is 18.7 Å². The molecule has 3 heterocycles. The first-order valence-electron chi connectivity index (χ1n) is 15.7. The van der Waals surface area contributed by atoms with E-state index in [0.29, 0.717) is 47.8 Å². The fraction of sp³-hybridized carbons (Fsp3) is 0.382. The van der Waals surface area contributed by atoms with Crippen molar-refractivity contribution in [3.63, 3.8) is 0 Å². The van der Waals surface area contributed by atoms with Gasteiger partial charge in [0.15, 0.2) is 10.2 Å². The number of anilines is 2. The van der Waals surface area contributed by atoms with Crippen molar-refractivity contribution in [3.05, 3.63) is 72.3 Å². The maximum Gasteiger partial charge on any atom is 0.573 e. The average Bonchev–Trinajstić information content (AvgIpc) is 3.44. The van der Waals surface area contributed by atoms with E-state index in [1.807, 2.05) is 36.1 Å². The Kier molecular flexibility index (Phi) is 10.6. The van der Waals surface area contributed by atoms with Gasteiger partial charge in [-0.2, -0.15) is 8.42 Å². The van der Waals surface area contributed by atoms with Crippen molar-refractivity contribution in [3.8, 4) is 27.4 Å². The van der Waals surface area contributed by atoms with Crippen molar-refractivity contribution >= 4 is 38.3 Å². The highest BCUT2D eigenvalue weighted by Gasteiger charge is 2.35. The molecule has 0 fully saturated rings. The monoisotopic (exact) mass is 702 g/mol. The molecule has 14 heteroatoms. The summed E-state index contributed by atoms with van der Waals surface area (Å²) in [7, 11) is -4.29. The number of carbonyl (C=O) groups is 1. The second-order valence-electron chi connectivity index (χ2n) is 12.1. The lowest BCUT2D eigenvalue weighted by molar-refractivity contribution is -0.274. The Bertz CT molecular complexity index is 1870. The molecule has 4 bridgehead atoms. The van der Waals surface area contributed by atoms with Crippen LogP contribution in [-0.2, 0) is 21.2 Å². The number of carboxylic acids is 1. The van der Waals surface area contributed by atoms with Crippen LogP contribution < -0.4 is 14.4 Å². The van der Waals surface area contributed by atoms with E-state index in [4.69, 9.17) is 0 Å². The second-order valence-corrected chi connectivity index (χ2v) is 14.7. The number of hydrogen-bond acceptors (Lipinski definition) is 8. The zero-order chi connectivity index (χ0) is 34.5. The highest BCUT2D eigenvalue weighted by molar-refractivity contribution is 7.92. The van der Waals surface area contributed by atoms with E-state index < -0.39 is 33.5 Å². The number of rotatable bonds is 7. The molecule has 1 atom stereocenters. The number of hydrogen-bond donors (Lipinski definition) is 2. The zero-order valence-electron chi connectivity index (χ0n) is 26.6. The highest BCUT2D eigenvalue weighted by atomic mass is 32.2. The molecular weight excluding hydrogens is 666 g/mol. The first kappa shape index (κ1) is 35.1. The van der Waals surface area contributed by atoms with Gasteiger partial charge >= 0.3 is 12.3 Å². The molecule has 0 saturated heterocycles. The van der Waals surface area contributed by atoms with E-state index in [2.05, 4.69) is 19.4 Å². The maximum absolute atomic E-state index is 13.8. The molecule has 0 amide bonds. The number of benzene rings is 2. The number of carboxylic acid groups (broad SMARTS) is 1. The topological polar surface area (TPSA) is 122 Å². The molecule has 256 valence electrons. The molecule has 0 aliphatic carbocycles. The number of nitrogens with one attached hydrogen (secondary N) is 1. The number of sulfonamides is 1. The first-order chi connectivity index (χ1) is 22.8. The molecule has 0 spiro atoms. The predicted molar refractivity (Wildman–Crippen MR) is 180 cm³/mol. The van der Waals surface area contributed by atoms with E-state index in [0.717, 1.165) is 48.1 Å². The number of aryl methyl sites for hydroxylation is 1. The summed E-state index contributed by atoms with van der Waals surface area (Å²) in [6.07, 6.45) is 0.266. The minimum Gasteiger partial charge on any atom is -0.481 e. The van der Waals surface area contributed by atoms with Crippen LogP contribution in [0.2, 0.25) is 0 Å². The molecule has 0 unspecified atom stereocenters. The van der Waals surface area contributed by atoms with Gasteiger partial charge in [0.2, 0.25) is 0 Å². The van der Waals surface area contributed by atoms with Gasteiger partial charge in [-0.05, 0) is 68.0 Å². The quantitative estimate of drug-likeness (QED) is 0.197. The van der Waals surface area contributed by atoms with Gasteiger partial charge in [-0.15, -0.1) is 13.2 Å².